The summed E-state index contributed by atoms with van der Waals surface area (Å²) in [6.07, 6.45) is 0.499. The summed E-state index contributed by atoms with van der Waals surface area (Å²) in [7, 11) is 1.54. The molecule has 2 heterocycles. The van der Waals surface area contributed by atoms with Gasteiger partial charge in [-0.05, 0) is 48.9 Å². The molecule has 1 saturated heterocycles. The minimum absolute atomic E-state index is 0.306. The second kappa shape index (κ2) is 7.05. The van der Waals surface area contributed by atoms with Crippen LogP contribution in [-0.2, 0) is 14.4 Å². The fraction of sp³-hybridized carbons (Fsp3) is 0.286. The summed E-state index contributed by atoms with van der Waals surface area (Å²) in [4.78, 5) is 40.4. The predicted octanol–water partition coefficient (Wildman–Crippen LogP) is 3.68. The van der Waals surface area contributed by atoms with Crippen molar-refractivity contribution in [3.05, 3.63) is 52.5 Å². The third kappa shape index (κ3) is 2.81. The lowest BCUT2D eigenvalue weighted by atomic mass is 9.70. The maximum Gasteiger partial charge on any atom is 0.324 e. The molecule has 2 aliphatic heterocycles. The van der Waals surface area contributed by atoms with Crippen molar-refractivity contribution < 1.29 is 23.9 Å². The SMILES string of the molecule is CC[C@@H]1C(=O)N(c2ccc(OC)cc2)C(=O)[C@@H]2C(=O)Oc3ccc(Br)cc3[C@@H]21. The van der Waals surface area contributed by atoms with Gasteiger partial charge >= 0.3 is 5.97 Å². The molecule has 0 bridgehead atoms. The number of rotatable bonds is 3. The molecule has 1 fully saturated rings. The Morgan fingerprint density at radius 3 is 2.43 bits per heavy atom. The van der Waals surface area contributed by atoms with Gasteiger partial charge in [-0.15, -0.1) is 0 Å². The summed E-state index contributed by atoms with van der Waals surface area (Å²) in [5.74, 6) is -2.55. The molecule has 0 spiro atoms. The number of ether oxygens (including phenoxy) is 2. The lowest BCUT2D eigenvalue weighted by Crippen LogP contribution is -2.57. The first kappa shape index (κ1) is 18.7. The number of carbonyl (C=O) groups is 3. The van der Waals surface area contributed by atoms with Crippen molar-refractivity contribution in [2.45, 2.75) is 19.3 Å². The Morgan fingerprint density at radius 1 is 1.07 bits per heavy atom. The molecule has 0 saturated carbocycles. The van der Waals surface area contributed by atoms with E-state index in [9.17, 15) is 14.4 Å². The van der Waals surface area contributed by atoms with Gasteiger partial charge in [-0.3, -0.25) is 14.4 Å². The second-order valence-corrected chi connectivity index (χ2v) is 7.75. The Kier molecular flexibility index (Phi) is 4.71. The lowest BCUT2D eigenvalue weighted by Gasteiger charge is -2.43. The van der Waals surface area contributed by atoms with Crippen molar-refractivity contribution in [3.8, 4) is 11.5 Å². The van der Waals surface area contributed by atoms with E-state index in [0.29, 0.717) is 29.2 Å². The van der Waals surface area contributed by atoms with Crippen LogP contribution in [0.1, 0.15) is 24.8 Å². The van der Waals surface area contributed by atoms with Crippen molar-refractivity contribution in [2.24, 2.45) is 11.8 Å². The van der Waals surface area contributed by atoms with E-state index in [-0.39, 0.29) is 5.91 Å². The number of nitrogens with zero attached hydrogens (tertiary/aromatic N) is 1. The minimum Gasteiger partial charge on any atom is -0.497 e. The van der Waals surface area contributed by atoms with Crippen molar-refractivity contribution in [1.29, 1.82) is 0 Å². The summed E-state index contributed by atoms with van der Waals surface area (Å²) in [6.45, 7) is 1.89. The molecule has 2 aliphatic rings. The molecule has 7 heteroatoms. The monoisotopic (exact) mass is 443 g/mol. The van der Waals surface area contributed by atoms with Crippen molar-refractivity contribution in [2.75, 3.05) is 12.0 Å². The molecule has 28 heavy (non-hydrogen) atoms. The fourth-order valence-corrected chi connectivity index (χ4v) is 4.43. The molecule has 0 aromatic heterocycles. The first-order valence-electron chi connectivity index (χ1n) is 8.99. The zero-order valence-corrected chi connectivity index (χ0v) is 16.9. The smallest absolute Gasteiger partial charge is 0.324 e. The van der Waals surface area contributed by atoms with Crippen LogP contribution in [0.25, 0.3) is 0 Å². The molecule has 0 N–H and O–H groups in total. The van der Waals surface area contributed by atoms with Crippen LogP contribution in [0, 0.1) is 11.8 Å². The Bertz CT molecular complexity index is 971. The molecular formula is C21H18BrNO5. The third-order valence-corrected chi connectivity index (χ3v) is 5.88. The van der Waals surface area contributed by atoms with E-state index in [0.717, 1.165) is 9.37 Å². The van der Waals surface area contributed by atoms with E-state index in [1.54, 1.807) is 36.4 Å². The number of esters is 1. The van der Waals surface area contributed by atoms with Gasteiger partial charge in [0, 0.05) is 21.9 Å². The number of imide groups is 1. The van der Waals surface area contributed by atoms with Crippen LogP contribution in [0.3, 0.4) is 0 Å². The largest absolute Gasteiger partial charge is 0.497 e. The standard InChI is InChI=1S/C21H18BrNO5/c1-3-14-17-15-10-11(22)4-9-16(15)28-21(26)18(17)20(25)23(19(14)24)12-5-7-13(27-2)8-6-12/h4-10,14,17-18H,3H2,1-2H3/t14-,17-,18+/m0/s1. The number of piperidine rings is 1. The van der Waals surface area contributed by atoms with Crippen LogP contribution in [0.4, 0.5) is 5.69 Å². The normalized spacial score (nSPS) is 23.8. The number of hydrogen-bond acceptors (Lipinski definition) is 5. The highest BCUT2D eigenvalue weighted by Crippen LogP contribution is 2.48. The topological polar surface area (TPSA) is 72.9 Å². The number of fused-ring (bicyclic) bond motifs is 3. The quantitative estimate of drug-likeness (QED) is 0.313. The van der Waals surface area contributed by atoms with Crippen LogP contribution < -0.4 is 14.4 Å². The molecule has 2 amide bonds. The lowest BCUT2D eigenvalue weighted by molar-refractivity contribution is -0.151. The van der Waals surface area contributed by atoms with Gasteiger partial charge in [-0.2, -0.15) is 0 Å². The molecule has 2 aromatic rings. The minimum atomic E-state index is -1.05. The van der Waals surface area contributed by atoms with Gasteiger partial charge in [0.15, 0.2) is 0 Å². The molecule has 0 aliphatic carbocycles. The summed E-state index contributed by atoms with van der Waals surface area (Å²) in [5, 5.41) is 0. The van der Waals surface area contributed by atoms with Gasteiger partial charge < -0.3 is 9.47 Å². The number of benzene rings is 2. The number of anilines is 1. The second-order valence-electron chi connectivity index (χ2n) is 6.83. The van der Waals surface area contributed by atoms with E-state index in [1.807, 2.05) is 13.0 Å². The third-order valence-electron chi connectivity index (χ3n) is 5.38. The fourth-order valence-electron chi connectivity index (χ4n) is 4.06. The number of amides is 2. The van der Waals surface area contributed by atoms with Gasteiger partial charge in [-0.1, -0.05) is 22.9 Å². The number of methoxy groups -OCH3 is 1. The predicted molar refractivity (Wildman–Crippen MR) is 105 cm³/mol. The number of hydrogen-bond donors (Lipinski definition) is 0. The van der Waals surface area contributed by atoms with Crippen LogP contribution >= 0.6 is 15.9 Å². The van der Waals surface area contributed by atoms with Gasteiger partial charge in [-0.25, -0.2) is 4.90 Å². The first-order chi connectivity index (χ1) is 13.5. The van der Waals surface area contributed by atoms with Gasteiger partial charge in [0.25, 0.3) is 0 Å². The zero-order valence-electron chi connectivity index (χ0n) is 15.3. The van der Waals surface area contributed by atoms with Gasteiger partial charge in [0.05, 0.1) is 12.8 Å². The van der Waals surface area contributed by atoms with Crippen LogP contribution in [0.5, 0.6) is 11.5 Å². The summed E-state index contributed by atoms with van der Waals surface area (Å²) < 4.78 is 11.4. The zero-order chi connectivity index (χ0) is 20.0. The van der Waals surface area contributed by atoms with Crippen molar-refractivity contribution in [3.63, 3.8) is 0 Å². The maximum absolute atomic E-state index is 13.3. The first-order valence-corrected chi connectivity index (χ1v) is 9.78. The maximum atomic E-state index is 13.3. The molecule has 2 aromatic carbocycles. The molecule has 4 rings (SSSR count). The molecule has 6 nitrogen and oxygen atoms in total. The Hall–Kier alpha value is -2.67. The van der Waals surface area contributed by atoms with E-state index < -0.39 is 29.6 Å². The summed E-state index contributed by atoms with van der Waals surface area (Å²) >= 11 is 3.42. The Balaban J connectivity index is 1.82. The average Bonchev–Trinajstić information content (AvgIpc) is 2.69. The highest BCUT2D eigenvalue weighted by molar-refractivity contribution is 9.10. The van der Waals surface area contributed by atoms with Crippen molar-refractivity contribution >= 4 is 39.4 Å². The Morgan fingerprint density at radius 2 is 1.79 bits per heavy atom. The van der Waals surface area contributed by atoms with Crippen molar-refractivity contribution in [1.82, 2.24) is 0 Å². The summed E-state index contributed by atoms with van der Waals surface area (Å²) in [6, 6.07) is 11.9. The van der Waals surface area contributed by atoms with E-state index in [4.69, 9.17) is 9.47 Å². The highest BCUT2D eigenvalue weighted by Gasteiger charge is 2.55. The number of halogens is 1. The van der Waals surface area contributed by atoms with Gasteiger partial charge in [0.2, 0.25) is 11.8 Å². The van der Waals surface area contributed by atoms with Crippen LogP contribution in [-0.4, -0.2) is 24.9 Å². The van der Waals surface area contributed by atoms with Gasteiger partial charge in [0.1, 0.15) is 17.4 Å². The number of carbonyl (C=O) groups excluding carboxylic acids is 3. The summed E-state index contributed by atoms with van der Waals surface area (Å²) in [5.41, 5.74) is 1.13. The molecule has 3 atom stereocenters. The molecule has 0 radical (unpaired) electrons. The average molecular weight is 444 g/mol. The van der Waals surface area contributed by atoms with E-state index >= 15 is 0 Å². The van der Waals surface area contributed by atoms with Crippen LogP contribution in [0.2, 0.25) is 0 Å². The Labute approximate surface area is 170 Å². The molecule has 0 unspecified atom stereocenters. The van der Waals surface area contributed by atoms with E-state index in [2.05, 4.69) is 15.9 Å². The molecule has 144 valence electrons. The van der Waals surface area contributed by atoms with Crippen LogP contribution in [0.15, 0.2) is 46.9 Å². The highest BCUT2D eigenvalue weighted by atomic mass is 79.9. The molecular weight excluding hydrogens is 426 g/mol. The van der Waals surface area contributed by atoms with E-state index in [1.165, 1.54) is 7.11 Å².